The van der Waals surface area contributed by atoms with E-state index >= 15 is 0 Å². The first-order valence-corrected chi connectivity index (χ1v) is 8.04. The summed E-state index contributed by atoms with van der Waals surface area (Å²) in [7, 11) is 0. The highest BCUT2D eigenvalue weighted by molar-refractivity contribution is 7.99. The molecule has 0 atom stereocenters. The third-order valence-corrected chi connectivity index (χ3v) is 4.18. The van der Waals surface area contributed by atoms with Gasteiger partial charge < -0.3 is 10.3 Å². The van der Waals surface area contributed by atoms with E-state index < -0.39 is 0 Å². The number of aromatic nitrogens is 3. The number of benzene rings is 1. The number of nitrogens with zero attached hydrogens (tertiary/aromatic N) is 2. The van der Waals surface area contributed by atoms with E-state index in [9.17, 15) is 4.79 Å². The molecule has 1 amide bonds. The molecule has 0 spiro atoms. The Morgan fingerprint density at radius 2 is 2.14 bits per heavy atom. The molecule has 112 valence electrons. The number of hydrogen-bond donors (Lipinski definition) is 2. The highest BCUT2D eigenvalue weighted by Crippen LogP contribution is 2.23. The Balaban J connectivity index is 1.63. The van der Waals surface area contributed by atoms with Gasteiger partial charge in [0.2, 0.25) is 5.91 Å². The summed E-state index contributed by atoms with van der Waals surface area (Å²) in [5, 5.41) is 4.40. The zero-order chi connectivity index (χ0) is 15.5. The number of imidazole rings is 1. The van der Waals surface area contributed by atoms with Gasteiger partial charge in [0.25, 0.3) is 0 Å². The molecule has 0 fully saturated rings. The van der Waals surface area contributed by atoms with Gasteiger partial charge in [-0.25, -0.2) is 9.97 Å². The first-order valence-electron chi connectivity index (χ1n) is 6.30. The van der Waals surface area contributed by atoms with Gasteiger partial charge in [-0.1, -0.05) is 47.1 Å². The van der Waals surface area contributed by atoms with Crippen LogP contribution in [0.25, 0.3) is 11.2 Å². The molecular weight excluding hydrogens is 343 g/mol. The molecule has 5 nitrogen and oxygen atoms in total. The lowest BCUT2D eigenvalue weighted by molar-refractivity contribution is -0.113. The number of carbonyl (C=O) groups excluding carboxylic acids is 1. The third kappa shape index (κ3) is 3.52. The number of para-hydroxylation sites is 1. The SMILES string of the molecule is O=C(CSc1nc2ncc(Cl)cc2[nH]1)Nc1ccccc1Cl. The number of pyridine rings is 1. The Bertz CT molecular complexity index is 837. The number of rotatable bonds is 4. The average molecular weight is 353 g/mol. The highest BCUT2D eigenvalue weighted by Gasteiger charge is 2.09. The number of H-pyrrole nitrogens is 1. The van der Waals surface area contributed by atoms with Crippen LogP contribution in [0.1, 0.15) is 0 Å². The molecule has 1 aromatic carbocycles. The number of hydrogen-bond acceptors (Lipinski definition) is 4. The van der Waals surface area contributed by atoms with Crippen molar-refractivity contribution >= 4 is 57.7 Å². The maximum Gasteiger partial charge on any atom is 0.234 e. The highest BCUT2D eigenvalue weighted by atomic mass is 35.5. The molecule has 2 heterocycles. The summed E-state index contributed by atoms with van der Waals surface area (Å²) in [5.74, 6) is 0.0447. The van der Waals surface area contributed by atoms with Crippen molar-refractivity contribution in [3.05, 3.63) is 46.6 Å². The molecule has 3 rings (SSSR count). The molecule has 2 aromatic heterocycles. The molecule has 0 bridgehead atoms. The quantitative estimate of drug-likeness (QED) is 0.696. The zero-order valence-corrected chi connectivity index (χ0v) is 13.5. The maximum absolute atomic E-state index is 11.9. The number of thioether (sulfide) groups is 1. The van der Waals surface area contributed by atoms with Gasteiger partial charge >= 0.3 is 0 Å². The van der Waals surface area contributed by atoms with E-state index in [1.165, 1.54) is 18.0 Å². The fourth-order valence-corrected chi connectivity index (χ4v) is 2.82. The Morgan fingerprint density at radius 3 is 2.95 bits per heavy atom. The van der Waals surface area contributed by atoms with Crippen LogP contribution in [0.5, 0.6) is 0 Å². The van der Waals surface area contributed by atoms with E-state index in [1.807, 2.05) is 6.07 Å². The fraction of sp³-hybridized carbons (Fsp3) is 0.0714. The molecule has 0 aliphatic rings. The third-order valence-electron chi connectivity index (χ3n) is 2.77. The molecule has 0 aliphatic carbocycles. The summed E-state index contributed by atoms with van der Waals surface area (Å²) < 4.78 is 0. The van der Waals surface area contributed by atoms with Gasteiger partial charge in [-0.3, -0.25) is 4.79 Å². The molecule has 8 heteroatoms. The summed E-state index contributed by atoms with van der Waals surface area (Å²) >= 11 is 13.1. The number of amides is 1. The Kier molecular flexibility index (Phi) is 4.52. The lowest BCUT2D eigenvalue weighted by Gasteiger charge is -2.05. The van der Waals surface area contributed by atoms with E-state index in [1.54, 1.807) is 24.3 Å². The summed E-state index contributed by atoms with van der Waals surface area (Å²) in [4.78, 5) is 23.4. The zero-order valence-electron chi connectivity index (χ0n) is 11.1. The molecule has 0 saturated heterocycles. The van der Waals surface area contributed by atoms with Gasteiger partial charge in [0.1, 0.15) is 0 Å². The van der Waals surface area contributed by atoms with Crippen LogP contribution < -0.4 is 5.32 Å². The van der Waals surface area contributed by atoms with Crippen molar-refractivity contribution in [2.45, 2.75) is 5.16 Å². The van der Waals surface area contributed by atoms with E-state index in [-0.39, 0.29) is 11.7 Å². The summed E-state index contributed by atoms with van der Waals surface area (Å²) in [6.07, 6.45) is 1.53. The van der Waals surface area contributed by atoms with Gasteiger partial charge in [0.15, 0.2) is 10.8 Å². The first-order chi connectivity index (χ1) is 10.6. The minimum Gasteiger partial charge on any atom is -0.331 e. The lowest BCUT2D eigenvalue weighted by atomic mass is 10.3. The molecule has 0 saturated carbocycles. The van der Waals surface area contributed by atoms with Crippen molar-refractivity contribution in [2.24, 2.45) is 0 Å². The predicted octanol–water partition coefficient (Wildman–Crippen LogP) is 4.00. The molecule has 0 aliphatic heterocycles. The van der Waals surface area contributed by atoms with Crippen molar-refractivity contribution in [3.63, 3.8) is 0 Å². The van der Waals surface area contributed by atoms with E-state index in [4.69, 9.17) is 23.2 Å². The lowest BCUT2D eigenvalue weighted by Crippen LogP contribution is -2.14. The fourth-order valence-electron chi connectivity index (χ4n) is 1.80. The number of nitrogens with one attached hydrogen (secondary N) is 2. The van der Waals surface area contributed by atoms with E-state index in [2.05, 4.69) is 20.3 Å². The largest absolute Gasteiger partial charge is 0.331 e. The van der Waals surface area contributed by atoms with Gasteiger partial charge in [-0.2, -0.15) is 0 Å². The van der Waals surface area contributed by atoms with Crippen LogP contribution in [0.3, 0.4) is 0 Å². The summed E-state index contributed by atoms with van der Waals surface area (Å²) in [6, 6.07) is 8.82. The van der Waals surface area contributed by atoms with Crippen molar-refractivity contribution < 1.29 is 4.79 Å². The summed E-state index contributed by atoms with van der Waals surface area (Å²) in [5.41, 5.74) is 1.90. The molecule has 0 radical (unpaired) electrons. The number of aromatic amines is 1. The van der Waals surface area contributed by atoms with Crippen LogP contribution in [-0.2, 0) is 4.79 Å². The van der Waals surface area contributed by atoms with Gasteiger partial charge in [0, 0.05) is 6.20 Å². The smallest absolute Gasteiger partial charge is 0.234 e. The van der Waals surface area contributed by atoms with Gasteiger partial charge in [0.05, 0.1) is 27.0 Å². The first kappa shape index (κ1) is 15.1. The Labute approximate surface area is 140 Å². The van der Waals surface area contributed by atoms with Crippen molar-refractivity contribution in [1.29, 1.82) is 0 Å². The average Bonchev–Trinajstić information content (AvgIpc) is 2.89. The minimum atomic E-state index is -0.162. The number of anilines is 1. The minimum absolute atomic E-state index is 0.162. The van der Waals surface area contributed by atoms with Gasteiger partial charge in [-0.15, -0.1) is 0 Å². The topological polar surface area (TPSA) is 70.7 Å². The second kappa shape index (κ2) is 6.56. The molecule has 2 N–H and O–H groups in total. The number of fused-ring (bicyclic) bond motifs is 1. The van der Waals surface area contributed by atoms with Crippen LogP contribution >= 0.6 is 35.0 Å². The second-order valence-electron chi connectivity index (χ2n) is 4.38. The van der Waals surface area contributed by atoms with Crippen molar-refractivity contribution in [3.8, 4) is 0 Å². The Morgan fingerprint density at radius 1 is 1.32 bits per heavy atom. The van der Waals surface area contributed by atoms with E-state index in [0.717, 1.165) is 5.52 Å². The summed E-state index contributed by atoms with van der Waals surface area (Å²) in [6.45, 7) is 0. The van der Waals surface area contributed by atoms with Crippen molar-refractivity contribution in [2.75, 3.05) is 11.1 Å². The van der Waals surface area contributed by atoms with Crippen LogP contribution in [0.2, 0.25) is 10.0 Å². The predicted molar refractivity (Wildman–Crippen MR) is 89.7 cm³/mol. The molecular formula is C14H10Cl2N4OS. The monoisotopic (exact) mass is 352 g/mol. The van der Waals surface area contributed by atoms with Crippen LogP contribution in [0, 0.1) is 0 Å². The maximum atomic E-state index is 11.9. The van der Waals surface area contributed by atoms with Crippen molar-refractivity contribution in [1.82, 2.24) is 15.0 Å². The number of carbonyl (C=O) groups is 1. The van der Waals surface area contributed by atoms with Crippen LogP contribution in [0.4, 0.5) is 5.69 Å². The van der Waals surface area contributed by atoms with Crippen LogP contribution in [-0.4, -0.2) is 26.6 Å². The molecule has 22 heavy (non-hydrogen) atoms. The Hall–Kier alpha value is -1.76. The number of halogens is 2. The molecule has 0 unspecified atom stereocenters. The standard InChI is InChI=1S/C14H10Cl2N4OS/c15-8-5-11-13(17-6-8)20-14(19-11)22-7-12(21)18-10-4-2-1-3-9(10)16/h1-6H,7H2,(H,18,21)(H,17,19,20). The second-order valence-corrected chi connectivity index (χ2v) is 6.19. The normalized spacial score (nSPS) is 10.8. The molecule has 3 aromatic rings. The van der Waals surface area contributed by atoms with Crippen LogP contribution in [0.15, 0.2) is 41.7 Å². The van der Waals surface area contributed by atoms with Gasteiger partial charge in [-0.05, 0) is 18.2 Å². The van der Waals surface area contributed by atoms with E-state index in [0.29, 0.717) is 26.5 Å².